The lowest BCUT2D eigenvalue weighted by molar-refractivity contribution is -0.134. The largest absolute Gasteiger partial charge is 0.341 e. The van der Waals surface area contributed by atoms with Gasteiger partial charge < -0.3 is 10.2 Å². The Bertz CT molecular complexity index is 576. The van der Waals surface area contributed by atoms with E-state index in [4.69, 9.17) is 0 Å². The minimum atomic E-state index is -0.933. The molecule has 1 aliphatic heterocycles. The Morgan fingerprint density at radius 3 is 2.08 bits per heavy atom. The van der Waals surface area contributed by atoms with Crippen molar-refractivity contribution in [3.63, 3.8) is 0 Å². The van der Waals surface area contributed by atoms with Gasteiger partial charge in [0.1, 0.15) is 23.2 Å². The summed E-state index contributed by atoms with van der Waals surface area (Å²) >= 11 is 0. The van der Waals surface area contributed by atoms with Crippen LogP contribution in [-0.2, 0) is 4.79 Å². The zero-order valence-electron chi connectivity index (χ0n) is 14.1. The smallest absolute Gasteiger partial charge is 0.257 e. The summed E-state index contributed by atoms with van der Waals surface area (Å²) in [7, 11) is 0. The molecule has 0 radical (unpaired) electrons. The van der Waals surface area contributed by atoms with Gasteiger partial charge in [0.05, 0.1) is 0 Å². The Balaban J connectivity index is 2.16. The molecule has 1 fully saturated rings. The Labute approximate surface area is 141 Å². The van der Waals surface area contributed by atoms with Crippen LogP contribution in [-0.4, -0.2) is 35.8 Å². The molecule has 0 saturated carbocycles. The van der Waals surface area contributed by atoms with Gasteiger partial charge in [0.2, 0.25) is 5.91 Å². The van der Waals surface area contributed by atoms with Gasteiger partial charge in [-0.3, -0.25) is 9.59 Å². The molecule has 2 amide bonds. The van der Waals surface area contributed by atoms with E-state index in [1.54, 1.807) is 18.7 Å². The maximum atomic E-state index is 13.8. The van der Waals surface area contributed by atoms with E-state index < -0.39 is 29.1 Å². The van der Waals surface area contributed by atoms with Crippen LogP contribution < -0.4 is 5.32 Å². The zero-order valence-corrected chi connectivity index (χ0v) is 14.1. The second-order valence-corrected chi connectivity index (χ2v) is 6.53. The SMILES string of the molecule is CC(C)[C@H](NC(=O)c1c(F)cccc1F)C(=O)N1CCCCCC1. The highest BCUT2D eigenvalue weighted by molar-refractivity contribution is 5.98. The van der Waals surface area contributed by atoms with Gasteiger partial charge in [-0.05, 0) is 30.9 Å². The summed E-state index contributed by atoms with van der Waals surface area (Å²) in [5, 5.41) is 2.52. The average molecular weight is 338 g/mol. The summed E-state index contributed by atoms with van der Waals surface area (Å²) < 4.78 is 27.5. The van der Waals surface area contributed by atoms with Crippen LogP contribution >= 0.6 is 0 Å². The average Bonchev–Trinajstić information content (AvgIpc) is 2.80. The molecule has 1 saturated heterocycles. The van der Waals surface area contributed by atoms with Crippen LogP contribution in [0.2, 0.25) is 0 Å². The van der Waals surface area contributed by atoms with Gasteiger partial charge in [0.25, 0.3) is 5.91 Å². The van der Waals surface area contributed by atoms with Crippen LogP contribution in [0.15, 0.2) is 18.2 Å². The van der Waals surface area contributed by atoms with E-state index in [1.165, 1.54) is 6.07 Å². The predicted molar refractivity (Wildman–Crippen MR) is 87.5 cm³/mol. The second kappa shape index (κ2) is 8.22. The minimum absolute atomic E-state index is 0.181. The number of nitrogens with zero attached hydrogens (tertiary/aromatic N) is 1. The Morgan fingerprint density at radius 2 is 1.58 bits per heavy atom. The van der Waals surface area contributed by atoms with Crippen LogP contribution in [0.4, 0.5) is 8.78 Å². The highest BCUT2D eigenvalue weighted by atomic mass is 19.1. The number of halogens is 2. The summed E-state index contributed by atoms with van der Waals surface area (Å²) in [6.07, 6.45) is 4.05. The van der Waals surface area contributed by atoms with Gasteiger partial charge in [0.15, 0.2) is 0 Å². The normalized spacial score (nSPS) is 16.6. The number of benzene rings is 1. The standard InChI is InChI=1S/C18H24F2N2O2/c1-12(2)16(18(24)22-10-5-3-4-6-11-22)21-17(23)15-13(19)8-7-9-14(15)20/h7-9,12,16H,3-6,10-11H2,1-2H3,(H,21,23)/t16-/m0/s1. The van der Waals surface area contributed by atoms with Crippen molar-refractivity contribution < 1.29 is 18.4 Å². The number of nitrogens with one attached hydrogen (secondary N) is 1. The molecule has 0 spiro atoms. The van der Waals surface area contributed by atoms with Crippen molar-refractivity contribution >= 4 is 11.8 Å². The first-order chi connectivity index (χ1) is 11.4. The molecule has 1 aromatic carbocycles. The van der Waals surface area contributed by atoms with E-state index in [-0.39, 0.29) is 11.8 Å². The molecule has 0 bridgehead atoms. The molecular weight excluding hydrogens is 314 g/mol. The summed E-state index contributed by atoms with van der Waals surface area (Å²) in [5.74, 6) is -3.13. The fourth-order valence-electron chi connectivity index (χ4n) is 2.93. The van der Waals surface area contributed by atoms with Crippen molar-refractivity contribution in [3.8, 4) is 0 Å². The third-order valence-electron chi connectivity index (χ3n) is 4.33. The number of likely N-dealkylation sites (tertiary alicyclic amines) is 1. The maximum Gasteiger partial charge on any atom is 0.257 e. The third kappa shape index (κ3) is 4.30. The molecule has 0 aromatic heterocycles. The molecule has 1 aliphatic rings. The number of amides is 2. The van der Waals surface area contributed by atoms with Gasteiger partial charge in [-0.2, -0.15) is 0 Å². The van der Waals surface area contributed by atoms with E-state index in [1.807, 2.05) is 0 Å². The monoisotopic (exact) mass is 338 g/mol. The Morgan fingerprint density at radius 1 is 1.04 bits per heavy atom. The molecule has 1 N–H and O–H groups in total. The number of carbonyl (C=O) groups excluding carboxylic acids is 2. The first-order valence-corrected chi connectivity index (χ1v) is 8.45. The predicted octanol–water partition coefficient (Wildman–Crippen LogP) is 3.12. The van der Waals surface area contributed by atoms with Crippen LogP contribution in [0.1, 0.15) is 49.9 Å². The van der Waals surface area contributed by atoms with Gasteiger partial charge in [-0.15, -0.1) is 0 Å². The van der Waals surface area contributed by atoms with Crippen LogP contribution in [0.5, 0.6) is 0 Å². The summed E-state index contributed by atoms with van der Waals surface area (Å²) in [6, 6.07) is 2.46. The minimum Gasteiger partial charge on any atom is -0.341 e. The number of rotatable bonds is 4. The summed E-state index contributed by atoms with van der Waals surface area (Å²) in [4.78, 5) is 26.8. The zero-order chi connectivity index (χ0) is 17.7. The van der Waals surface area contributed by atoms with E-state index >= 15 is 0 Å². The van der Waals surface area contributed by atoms with E-state index in [2.05, 4.69) is 5.32 Å². The molecule has 24 heavy (non-hydrogen) atoms. The molecular formula is C18H24F2N2O2. The molecule has 1 aromatic rings. The van der Waals surface area contributed by atoms with Crippen molar-refractivity contribution in [3.05, 3.63) is 35.4 Å². The van der Waals surface area contributed by atoms with Gasteiger partial charge in [-0.25, -0.2) is 8.78 Å². The number of carbonyl (C=O) groups is 2. The van der Waals surface area contributed by atoms with Crippen LogP contribution in [0, 0.1) is 17.6 Å². The highest BCUT2D eigenvalue weighted by Crippen LogP contribution is 2.16. The Hall–Kier alpha value is -1.98. The van der Waals surface area contributed by atoms with Crippen LogP contribution in [0.25, 0.3) is 0 Å². The molecule has 1 atom stereocenters. The molecule has 0 aliphatic carbocycles. The fourth-order valence-corrected chi connectivity index (χ4v) is 2.93. The van der Waals surface area contributed by atoms with Crippen molar-refractivity contribution in [1.29, 1.82) is 0 Å². The fraction of sp³-hybridized carbons (Fsp3) is 0.556. The molecule has 2 rings (SSSR count). The number of hydrogen-bond acceptors (Lipinski definition) is 2. The van der Waals surface area contributed by atoms with Crippen molar-refractivity contribution in [2.75, 3.05) is 13.1 Å². The molecule has 4 nitrogen and oxygen atoms in total. The number of hydrogen-bond donors (Lipinski definition) is 1. The van der Waals surface area contributed by atoms with Gasteiger partial charge >= 0.3 is 0 Å². The molecule has 132 valence electrons. The van der Waals surface area contributed by atoms with E-state index in [0.29, 0.717) is 13.1 Å². The molecule has 6 heteroatoms. The lowest BCUT2D eigenvalue weighted by atomic mass is 10.0. The highest BCUT2D eigenvalue weighted by Gasteiger charge is 2.30. The first-order valence-electron chi connectivity index (χ1n) is 8.45. The Kier molecular flexibility index (Phi) is 6.29. The lowest BCUT2D eigenvalue weighted by Gasteiger charge is -2.29. The van der Waals surface area contributed by atoms with Crippen molar-refractivity contribution in [1.82, 2.24) is 10.2 Å². The van der Waals surface area contributed by atoms with Crippen molar-refractivity contribution in [2.24, 2.45) is 5.92 Å². The molecule has 0 unspecified atom stereocenters. The summed E-state index contributed by atoms with van der Waals surface area (Å²) in [5.41, 5.74) is -0.646. The van der Waals surface area contributed by atoms with E-state index in [9.17, 15) is 18.4 Å². The molecule has 1 heterocycles. The van der Waals surface area contributed by atoms with Gasteiger partial charge in [-0.1, -0.05) is 32.8 Å². The summed E-state index contributed by atoms with van der Waals surface area (Å²) in [6.45, 7) is 4.93. The van der Waals surface area contributed by atoms with Crippen LogP contribution in [0.3, 0.4) is 0 Å². The first kappa shape index (κ1) is 18.4. The van der Waals surface area contributed by atoms with Crippen molar-refractivity contribution in [2.45, 2.75) is 45.6 Å². The van der Waals surface area contributed by atoms with E-state index in [0.717, 1.165) is 37.8 Å². The third-order valence-corrected chi connectivity index (χ3v) is 4.33. The lowest BCUT2D eigenvalue weighted by Crippen LogP contribution is -2.51. The topological polar surface area (TPSA) is 49.4 Å². The quantitative estimate of drug-likeness (QED) is 0.917. The maximum absolute atomic E-state index is 13.8. The van der Waals surface area contributed by atoms with Gasteiger partial charge in [0, 0.05) is 13.1 Å². The second-order valence-electron chi connectivity index (χ2n) is 6.53.